The van der Waals surface area contributed by atoms with Gasteiger partial charge in [0.25, 0.3) is 0 Å². The van der Waals surface area contributed by atoms with E-state index in [1.54, 1.807) is 18.1 Å². The number of carbonyl (C=O) groups is 1. The minimum atomic E-state index is -0.331. The van der Waals surface area contributed by atoms with Crippen LogP contribution < -0.4 is 5.73 Å². The lowest BCUT2D eigenvalue weighted by Gasteiger charge is -2.22. The molecule has 19 heavy (non-hydrogen) atoms. The first-order valence-electron chi connectivity index (χ1n) is 6.44. The standard InChI is InChI=1S/C13H18N4O2/c1-16-8-13(19-12(16)18)4-6-17(9-13)7-10-3-2-5-15-11(10)14/h2-3,5H,4,6-9H2,1H3,(H2,14,15)/t13-/m1/s1. The van der Waals surface area contributed by atoms with E-state index in [2.05, 4.69) is 9.88 Å². The van der Waals surface area contributed by atoms with Crippen molar-refractivity contribution in [3.63, 3.8) is 0 Å². The molecule has 3 heterocycles. The second-order valence-electron chi connectivity index (χ2n) is 5.42. The molecule has 1 amide bonds. The van der Waals surface area contributed by atoms with Gasteiger partial charge in [-0.25, -0.2) is 9.78 Å². The normalized spacial score (nSPS) is 27.2. The quantitative estimate of drug-likeness (QED) is 0.849. The summed E-state index contributed by atoms with van der Waals surface area (Å²) in [7, 11) is 1.78. The van der Waals surface area contributed by atoms with Gasteiger partial charge in [-0.2, -0.15) is 0 Å². The average Bonchev–Trinajstić information content (AvgIpc) is 2.87. The third kappa shape index (κ3) is 2.23. The summed E-state index contributed by atoms with van der Waals surface area (Å²) in [5, 5.41) is 0. The summed E-state index contributed by atoms with van der Waals surface area (Å²) in [4.78, 5) is 19.5. The Morgan fingerprint density at radius 1 is 1.53 bits per heavy atom. The Morgan fingerprint density at radius 2 is 2.37 bits per heavy atom. The number of carbonyl (C=O) groups excluding carboxylic acids is 1. The molecule has 0 unspecified atom stereocenters. The van der Waals surface area contributed by atoms with E-state index in [9.17, 15) is 4.79 Å². The molecule has 2 saturated heterocycles. The molecule has 0 aromatic carbocycles. The maximum absolute atomic E-state index is 11.5. The zero-order valence-electron chi connectivity index (χ0n) is 11.0. The van der Waals surface area contributed by atoms with Crippen LogP contribution in [0, 0.1) is 0 Å². The lowest BCUT2D eigenvalue weighted by Crippen LogP contribution is -2.37. The van der Waals surface area contributed by atoms with Crippen molar-refractivity contribution in [3.05, 3.63) is 23.9 Å². The molecule has 2 fully saturated rings. The summed E-state index contributed by atoms with van der Waals surface area (Å²) >= 11 is 0. The van der Waals surface area contributed by atoms with Gasteiger partial charge in [-0.15, -0.1) is 0 Å². The van der Waals surface area contributed by atoms with Gasteiger partial charge in [0.05, 0.1) is 6.54 Å². The third-order valence-corrected chi connectivity index (χ3v) is 3.86. The second kappa shape index (κ2) is 4.38. The first-order chi connectivity index (χ1) is 9.08. The van der Waals surface area contributed by atoms with Crippen molar-refractivity contribution in [1.82, 2.24) is 14.8 Å². The second-order valence-corrected chi connectivity index (χ2v) is 5.42. The van der Waals surface area contributed by atoms with Crippen molar-refractivity contribution in [2.24, 2.45) is 0 Å². The smallest absolute Gasteiger partial charge is 0.410 e. The van der Waals surface area contributed by atoms with E-state index in [1.807, 2.05) is 12.1 Å². The number of hydrogen-bond acceptors (Lipinski definition) is 5. The Hall–Kier alpha value is -1.82. The van der Waals surface area contributed by atoms with Gasteiger partial charge in [0.2, 0.25) is 0 Å². The van der Waals surface area contributed by atoms with E-state index in [-0.39, 0.29) is 11.7 Å². The molecule has 0 aliphatic carbocycles. The van der Waals surface area contributed by atoms with Crippen molar-refractivity contribution >= 4 is 11.9 Å². The summed E-state index contributed by atoms with van der Waals surface area (Å²) < 4.78 is 5.52. The molecule has 102 valence electrons. The number of aromatic nitrogens is 1. The van der Waals surface area contributed by atoms with Crippen LogP contribution in [0.1, 0.15) is 12.0 Å². The molecule has 2 N–H and O–H groups in total. The summed E-state index contributed by atoms with van der Waals surface area (Å²) in [6, 6.07) is 3.88. The largest absolute Gasteiger partial charge is 0.439 e. The van der Waals surface area contributed by atoms with E-state index in [4.69, 9.17) is 10.5 Å². The number of nitrogens with two attached hydrogens (primary N) is 1. The Bertz CT molecular complexity index is 507. The Kier molecular flexibility index (Phi) is 2.82. The lowest BCUT2D eigenvalue weighted by atomic mass is 10.0. The van der Waals surface area contributed by atoms with Gasteiger partial charge in [0.15, 0.2) is 0 Å². The van der Waals surface area contributed by atoms with Gasteiger partial charge in [-0.3, -0.25) is 4.90 Å². The number of amides is 1. The van der Waals surface area contributed by atoms with Crippen molar-refractivity contribution < 1.29 is 9.53 Å². The van der Waals surface area contributed by atoms with E-state index in [0.29, 0.717) is 12.4 Å². The van der Waals surface area contributed by atoms with Crippen LogP contribution in [0.2, 0.25) is 0 Å². The molecule has 0 radical (unpaired) electrons. The van der Waals surface area contributed by atoms with Crippen LogP contribution >= 0.6 is 0 Å². The summed E-state index contributed by atoms with van der Waals surface area (Å²) in [5.74, 6) is 0.573. The number of nitrogens with zero attached hydrogens (tertiary/aromatic N) is 3. The molecule has 1 atom stereocenters. The van der Waals surface area contributed by atoms with Crippen LogP contribution in [0.4, 0.5) is 10.6 Å². The maximum Gasteiger partial charge on any atom is 0.410 e. The number of likely N-dealkylation sites (tertiary alicyclic amines) is 1. The van der Waals surface area contributed by atoms with Crippen LogP contribution in [0.25, 0.3) is 0 Å². The molecule has 1 aromatic heterocycles. The van der Waals surface area contributed by atoms with Crippen LogP contribution in [-0.4, -0.2) is 53.2 Å². The summed E-state index contributed by atoms with van der Waals surface area (Å²) in [5.41, 5.74) is 6.55. The average molecular weight is 262 g/mol. The third-order valence-electron chi connectivity index (χ3n) is 3.86. The molecular weight excluding hydrogens is 244 g/mol. The maximum atomic E-state index is 11.5. The fourth-order valence-electron chi connectivity index (χ4n) is 2.89. The lowest BCUT2D eigenvalue weighted by molar-refractivity contribution is 0.0627. The number of likely N-dealkylation sites (N-methyl/N-ethyl adjacent to an activating group) is 1. The SMILES string of the molecule is CN1C[C@@]2(CCN(Cc3cccnc3N)C2)OC1=O. The van der Waals surface area contributed by atoms with Crippen LogP contribution in [0.3, 0.4) is 0 Å². The molecule has 3 rings (SSSR count). The molecule has 0 saturated carbocycles. The number of ether oxygens (including phenoxy) is 1. The molecule has 6 heteroatoms. The molecule has 2 aliphatic rings. The van der Waals surface area contributed by atoms with Gasteiger partial charge in [-0.05, 0) is 6.07 Å². The number of pyridine rings is 1. The highest BCUT2D eigenvalue weighted by Crippen LogP contribution is 2.32. The van der Waals surface area contributed by atoms with Gasteiger partial charge in [0, 0.05) is 44.9 Å². The Labute approximate surface area is 112 Å². The number of rotatable bonds is 2. The fraction of sp³-hybridized carbons (Fsp3) is 0.538. The van der Waals surface area contributed by atoms with Gasteiger partial charge >= 0.3 is 6.09 Å². The topological polar surface area (TPSA) is 71.7 Å². The van der Waals surface area contributed by atoms with Gasteiger partial charge in [0.1, 0.15) is 11.4 Å². The van der Waals surface area contributed by atoms with E-state index in [0.717, 1.165) is 31.6 Å². The van der Waals surface area contributed by atoms with Crippen molar-refractivity contribution in [2.45, 2.75) is 18.6 Å². The number of nitrogen functional groups attached to an aromatic ring is 1. The highest BCUT2D eigenvalue weighted by atomic mass is 16.6. The first kappa shape index (κ1) is 12.2. The highest BCUT2D eigenvalue weighted by molar-refractivity contribution is 5.70. The minimum absolute atomic E-state index is 0.220. The van der Waals surface area contributed by atoms with Gasteiger partial charge in [-0.1, -0.05) is 6.07 Å². The molecule has 6 nitrogen and oxygen atoms in total. The van der Waals surface area contributed by atoms with Crippen molar-refractivity contribution in [1.29, 1.82) is 0 Å². The van der Waals surface area contributed by atoms with Crippen LogP contribution in [0.15, 0.2) is 18.3 Å². The summed E-state index contributed by atoms with van der Waals surface area (Å²) in [6.07, 6.45) is 2.35. The predicted molar refractivity (Wildman–Crippen MR) is 70.4 cm³/mol. The van der Waals surface area contributed by atoms with E-state index >= 15 is 0 Å². The van der Waals surface area contributed by atoms with Crippen molar-refractivity contribution in [2.75, 3.05) is 32.4 Å². The number of anilines is 1. The van der Waals surface area contributed by atoms with Crippen molar-refractivity contribution in [3.8, 4) is 0 Å². The zero-order chi connectivity index (χ0) is 13.5. The molecule has 2 aliphatic heterocycles. The number of hydrogen-bond donors (Lipinski definition) is 1. The predicted octanol–water partition coefficient (Wildman–Crippen LogP) is 0.690. The fourth-order valence-corrected chi connectivity index (χ4v) is 2.89. The zero-order valence-corrected chi connectivity index (χ0v) is 11.0. The minimum Gasteiger partial charge on any atom is -0.439 e. The van der Waals surface area contributed by atoms with E-state index < -0.39 is 0 Å². The van der Waals surface area contributed by atoms with Crippen LogP contribution in [-0.2, 0) is 11.3 Å². The Morgan fingerprint density at radius 3 is 3.05 bits per heavy atom. The molecular formula is C13H18N4O2. The molecule has 1 aromatic rings. The molecule has 1 spiro atoms. The highest BCUT2D eigenvalue weighted by Gasteiger charge is 2.48. The monoisotopic (exact) mass is 262 g/mol. The molecule has 0 bridgehead atoms. The Balaban J connectivity index is 1.67. The van der Waals surface area contributed by atoms with E-state index in [1.165, 1.54) is 0 Å². The van der Waals surface area contributed by atoms with Crippen LogP contribution in [0.5, 0.6) is 0 Å². The summed E-state index contributed by atoms with van der Waals surface area (Å²) in [6.45, 7) is 3.10. The van der Waals surface area contributed by atoms with Gasteiger partial charge < -0.3 is 15.4 Å². The first-order valence-corrected chi connectivity index (χ1v) is 6.44.